The van der Waals surface area contributed by atoms with Crippen LogP contribution in [0.1, 0.15) is 29.1 Å². The van der Waals surface area contributed by atoms with Gasteiger partial charge in [0.2, 0.25) is 5.95 Å². The van der Waals surface area contributed by atoms with Crippen molar-refractivity contribution in [3.63, 3.8) is 0 Å². The van der Waals surface area contributed by atoms with Gasteiger partial charge in [-0.25, -0.2) is 15.8 Å². The number of aliphatic hydroxyl groups is 1. The van der Waals surface area contributed by atoms with Crippen LogP contribution in [0.3, 0.4) is 0 Å². The van der Waals surface area contributed by atoms with Gasteiger partial charge in [-0.05, 0) is 36.8 Å². The van der Waals surface area contributed by atoms with Gasteiger partial charge in [0.15, 0.2) is 0 Å². The topological polar surface area (TPSA) is 150 Å². The van der Waals surface area contributed by atoms with E-state index in [2.05, 4.69) is 16.0 Å². The lowest BCUT2D eigenvalue weighted by Crippen LogP contribution is -2.27. The highest BCUT2D eigenvalue weighted by Crippen LogP contribution is 2.25. The van der Waals surface area contributed by atoms with E-state index in [-0.39, 0.29) is 0 Å². The molecular formula is C25H28N8O2. The normalized spacial score (nSPS) is 15.8. The molecule has 5 N–H and O–H groups in total. The zero-order valence-electron chi connectivity index (χ0n) is 19.5. The number of aromatic nitrogens is 3. The van der Waals surface area contributed by atoms with Crippen molar-refractivity contribution >= 4 is 11.6 Å². The van der Waals surface area contributed by atoms with Crippen LogP contribution in [0.15, 0.2) is 54.7 Å². The first kappa shape index (κ1) is 24.1. The second-order valence-corrected chi connectivity index (χ2v) is 8.33. The second kappa shape index (κ2) is 10.9. The highest BCUT2D eigenvalue weighted by molar-refractivity contribution is 5.69. The van der Waals surface area contributed by atoms with E-state index < -0.39 is 6.10 Å². The van der Waals surface area contributed by atoms with Gasteiger partial charge in [0, 0.05) is 32.0 Å². The van der Waals surface area contributed by atoms with Crippen LogP contribution in [0.4, 0.5) is 5.95 Å². The third kappa shape index (κ3) is 6.10. The quantitative estimate of drug-likeness (QED) is 0.327. The van der Waals surface area contributed by atoms with E-state index in [9.17, 15) is 10.4 Å². The number of rotatable bonds is 8. The molecule has 0 radical (unpaired) electrons. The number of methoxy groups -OCH3 is 1. The van der Waals surface area contributed by atoms with Crippen molar-refractivity contribution in [1.29, 1.82) is 5.26 Å². The Labute approximate surface area is 204 Å². The molecule has 0 aliphatic carbocycles. The van der Waals surface area contributed by atoms with E-state index in [0.29, 0.717) is 61.3 Å². The van der Waals surface area contributed by atoms with E-state index in [1.807, 2.05) is 29.2 Å². The number of aliphatic hydroxyl groups excluding tert-OH is 1. The predicted octanol–water partition coefficient (Wildman–Crippen LogP) is 1.76. The summed E-state index contributed by atoms with van der Waals surface area (Å²) in [5.74, 6) is 6.68. The van der Waals surface area contributed by atoms with Crippen LogP contribution in [0, 0.1) is 11.3 Å². The third-order valence-corrected chi connectivity index (χ3v) is 5.55. The molecular weight excluding hydrogens is 444 g/mol. The fourth-order valence-corrected chi connectivity index (χ4v) is 3.87. The molecule has 3 aromatic rings. The Morgan fingerprint density at radius 3 is 2.77 bits per heavy atom. The highest BCUT2D eigenvalue weighted by atomic mass is 16.5. The van der Waals surface area contributed by atoms with Crippen LogP contribution >= 0.6 is 0 Å². The highest BCUT2D eigenvalue weighted by Gasteiger charge is 2.24. The molecule has 35 heavy (non-hydrogen) atoms. The van der Waals surface area contributed by atoms with Crippen LogP contribution in [0.2, 0.25) is 0 Å². The number of nitriles is 1. The molecule has 1 atom stereocenters. The Morgan fingerprint density at radius 1 is 1.23 bits per heavy atom. The Morgan fingerprint density at radius 2 is 2.03 bits per heavy atom. The molecule has 180 valence electrons. The second-order valence-electron chi connectivity index (χ2n) is 8.33. The van der Waals surface area contributed by atoms with Crippen molar-refractivity contribution in [1.82, 2.24) is 20.0 Å². The van der Waals surface area contributed by atoms with Crippen molar-refractivity contribution in [2.24, 2.45) is 11.6 Å². The van der Waals surface area contributed by atoms with Gasteiger partial charge in [0.05, 0.1) is 59.4 Å². The number of hydrogen-bond acceptors (Lipinski definition) is 10. The maximum atomic E-state index is 10.00. The fourth-order valence-electron chi connectivity index (χ4n) is 3.87. The van der Waals surface area contributed by atoms with Crippen LogP contribution < -0.4 is 16.5 Å². The zero-order chi connectivity index (χ0) is 24.8. The average molecular weight is 473 g/mol. The van der Waals surface area contributed by atoms with Crippen LogP contribution in [-0.2, 0) is 17.9 Å². The minimum absolute atomic E-state index is 0.339. The lowest BCUT2D eigenvalue weighted by Gasteiger charge is -2.19. The Bertz CT molecular complexity index is 1260. The van der Waals surface area contributed by atoms with E-state index in [0.717, 1.165) is 17.0 Å². The maximum absolute atomic E-state index is 10.00. The number of nitrogens with zero attached hydrogens (tertiary/aromatic N) is 6. The molecule has 1 aliphatic rings. The molecule has 2 aromatic heterocycles. The number of benzene rings is 1. The van der Waals surface area contributed by atoms with Gasteiger partial charge < -0.3 is 25.5 Å². The Balaban J connectivity index is 1.64. The Kier molecular flexibility index (Phi) is 7.52. The number of ether oxygens (including phenoxy) is 1. The molecule has 1 fully saturated rings. The summed E-state index contributed by atoms with van der Waals surface area (Å²) in [5, 5.41) is 20.7. The first-order valence-electron chi connectivity index (χ1n) is 11.2. The first-order chi connectivity index (χ1) is 16.9. The summed E-state index contributed by atoms with van der Waals surface area (Å²) in [6.45, 7) is 1.84. The molecule has 1 unspecified atom stereocenters. The summed E-state index contributed by atoms with van der Waals surface area (Å²) in [6, 6.07) is 16.8. The zero-order valence-corrected chi connectivity index (χ0v) is 19.5. The molecule has 1 aliphatic heterocycles. The molecule has 0 saturated carbocycles. The van der Waals surface area contributed by atoms with Gasteiger partial charge in [-0.3, -0.25) is 4.98 Å². The van der Waals surface area contributed by atoms with Crippen molar-refractivity contribution in [3.05, 3.63) is 77.4 Å². The fraction of sp³-hybridized carbons (Fsp3) is 0.280. The summed E-state index contributed by atoms with van der Waals surface area (Å²) in [5.41, 5.74) is 10.8. The van der Waals surface area contributed by atoms with E-state index >= 15 is 0 Å². The van der Waals surface area contributed by atoms with Crippen LogP contribution in [0.25, 0.3) is 17.0 Å². The van der Waals surface area contributed by atoms with Gasteiger partial charge in [-0.2, -0.15) is 5.26 Å². The monoisotopic (exact) mass is 472 g/mol. The molecule has 0 bridgehead atoms. The number of anilines is 1. The van der Waals surface area contributed by atoms with Gasteiger partial charge in [-0.1, -0.05) is 18.2 Å². The van der Waals surface area contributed by atoms with Crippen LogP contribution in [0.5, 0.6) is 0 Å². The predicted molar refractivity (Wildman–Crippen MR) is 132 cm³/mol. The van der Waals surface area contributed by atoms with Crippen molar-refractivity contribution in [3.8, 4) is 17.3 Å². The van der Waals surface area contributed by atoms with Crippen molar-refractivity contribution < 1.29 is 9.84 Å². The van der Waals surface area contributed by atoms with E-state index in [4.69, 9.17) is 21.3 Å². The van der Waals surface area contributed by atoms with Crippen molar-refractivity contribution in [2.75, 3.05) is 25.1 Å². The lowest BCUT2D eigenvalue weighted by atomic mass is 10.1. The Hall–Kier alpha value is -4.04. The smallest absolute Gasteiger partial charge is 0.226 e. The SMILES string of the molecule is COCc1cccc(CN(N)/C=C(\N)c2cc(-c3cccc(C#N)c3)nc(N3CCC(O)C3)n2)n1. The van der Waals surface area contributed by atoms with Crippen molar-refractivity contribution in [2.45, 2.75) is 25.7 Å². The summed E-state index contributed by atoms with van der Waals surface area (Å²) in [7, 11) is 1.62. The molecule has 4 rings (SSSR count). The number of nitrogens with two attached hydrogens (primary N) is 2. The van der Waals surface area contributed by atoms with E-state index in [1.165, 1.54) is 5.01 Å². The van der Waals surface area contributed by atoms with Gasteiger partial charge in [-0.15, -0.1) is 0 Å². The molecule has 1 aromatic carbocycles. The molecule has 10 heteroatoms. The molecule has 0 spiro atoms. The molecule has 10 nitrogen and oxygen atoms in total. The summed E-state index contributed by atoms with van der Waals surface area (Å²) >= 11 is 0. The summed E-state index contributed by atoms with van der Waals surface area (Å²) < 4.78 is 5.14. The standard InChI is InChI=1S/C25H28N8O2/c1-35-16-20-7-3-6-19(29-20)13-33(28)15-22(27)24-11-23(18-5-2-4-17(10-18)12-26)30-25(31-24)32-9-8-21(34)14-32/h2-7,10-11,15,21,34H,8-9,13-14,16,27-28H2,1H3/b22-15-. The molecule has 1 saturated heterocycles. The molecule has 0 amide bonds. The minimum Gasteiger partial charge on any atom is -0.396 e. The van der Waals surface area contributed by atoms with Gasteiger partial charge in [0.25, 0.3) is 0 Å². The lowest BCUT2D eigenvalue weighted by molar-refractivity contribution is 0.181. The molecule has 3 heterocycles. The van der Waals surface area contributed by atoms with Gasteiger partial charge >= 0.3 is 0 Å². The number of hydrogen-bond donors (Lipinski definition) is 3. The van der Waals surface area contributed by atoms with Crippen LogP contribution in [-0.4, -0.2) is 51.4 Å². The van der Waals surface area contributed by atoms with Gasteiger partial charge in [0.1, 0.15) is 0 Å². The number of pyridine rings is 1. The first-order valence-corrected chi connectivity index (χ1v) is 11.2. The third-order valence-electron chi connectivity index (χ3n) is 5.55. The number of β-amino-alcohol motifs (C(OH)–C–C–N with tert-alkyl or cyclic N) is 1. The summed E-state index contributed by atoms with van der Waals surface area (Å²) in [6.07, 6.45) is 1.82. The average Bonchev–Trinajstić information content (AvgIpc) is 3.30. The summed E-state index contributed by atoms with van der Waals surface area (Å²) in [4.78, 5) is 15.8. The number of hydrazine groups is 1. The largest absolute Gasteiger partial charge is 0.396 e. The minimum atomic E-state index is -0.429. The van der Waals surface area contributed by atoms with E-state index in [1.54, 1.807) is 37.6 Å². The maximum Gasteiger partial charge on any atom is 0.226 e.